The zero-order valence-electron chi connectivity index (χ0n) is 14.9. The SMILES string of the molecule is COc1cc([N+](=O)[O-])ccc1NC(=O)CCC(=O)c1ccc(C)c(C)c1. The van der Waals surface area contributed by atoms with Crippen molar-refractivity contribution in [1.82, 2.24) is 0 Å². The van der Waals surface area contributed by atoms with E-state index in [0.717, 1.165) is 11.1 Å². The van der Waals surface area contributed by atoms with Gasteiger partial charge in [0, 0.05) is 24.5 Å². The minimum absolute atomic E-state index is 0.00585. The molecule has 0 fully saturated rings. The van der Waals surface area contributed by atoms with E-state index in [-0.39, 0.29) is 36.0 Å². The number of nitrogens with zero attached hydrogens (tertiary/aromatic N) is 1. The van der Waals surface area contributed by atoms with Crippen LogP contribution in [0.15, 0.2) is 36.4 Å². The van der Waals surface area contributed by atoms with Crippen molar-refractivity contribution in [2.24, 2.45) is 0 Å². The normalized spacial score (nSPS) is 10.3. The molecular weight excluding hydrogens is 336 g/mol. The second-order valence-corrected chi connectivity index (χ2v) is 5.91. The molecule has 0 heterocycles. The average Bonchev–Trinajstić information content (AvgIpc) is 2.62. The lowest BCUT2D eigenvalue weighted by Gasteiger charge is -2.10. The zero-order chi connectivity index (χ0) is 19.3. The Morgan fingerprint density at radius 1 is 1.08 bits per heavy atom. The topological polar surface area (TPSA) is 98.5 Å². The molecule has 136 valence electrons. The van der Waals surface area contributed by atoms with Crippen LogP contribution < -0.4 is 10.1 Å². The molecule has 1 N–H and O–H groups in total. The van der Waals surface area contributed by atoms with Gasteiger partial charge in [0.1, 0.15) is 5.75 Å². The number of rotatable bonds is 7. The predicted octanol–water partition coefficient (Wildman–Crippen LogP) is 3.82. The van der Waals surface area contributed by atoms with E-state index >= 15 is 0 Å². The number of Topliss-reactive ketones (excluding diaryl/α,β-unsaturated/α-hetero) is 1. The van der Waals surface area contributed by atoms with Crippen molar-refractivity contribution in [3.05, 3.63) is 63.2 Å². The number of hydrogen-bond donors (Lipinski definition) is 1. The summed E-state index contributed by atoms with van der Waals surface area (Å²) >= 11 is 0. The summed E-state index contributed by atoms with van der Waals surface area (Å²) in [6.45, 7) is 3.90. The Hall–Kier alpha value is -3.22. The quantitative estimate of drug-likeness (QED) is 0.462. The Morgan fingerprint density at radius 2 is 1.81 bits per heavy atom. The van der Waals surface area contributed by atoms with Gasteiger partial charge >= 0.3 is 0 Å². The highest BCUT2D eigenvalue weighted by Gasteiger charge is 2.15. The van der Waals surface area contributed by atoms with Crippen LogP contribution in [0.1, 0.15) is 34.3 Å². The summed E-state index contributed by atoms with van der Waals surface area (Å²) in [5.74, 6) is -0.290. The second-order valence-electron chi connectivity index (χ2n) is 5.91. The van der Waals surface area contributed by atoms with E-state index in [9.17, 15) is 19.7 Å². The molecular formula is C19H20N2O5. The van der Waals surface area contributed by atoms with E-state index in [1.54, 1.807) is 6.07 Å². The maximum atomic E-state index is 12.2. The molecule has 7 nitrogen and oxygen atoms in total. The molecule has 2 rings (SSSR count). The minimum atomic E-state index is -0.545. The standard InChI is InChI=1S/C19H20N2O5/c1-12-4-5-14(10-13(12)2)17(22)8-9-19(23)20-16-7-6-15(21(24)25)11-18(16)26-3/h4-7,10-11H,8-9H2,1-3H3,(H,20,23). The number of aryl methyl sites for hydroxylation is 2. The maximum Gasteiger partial charge on any atom is 0.273 e. The third-order valence-corrected chi connectivity index (χ3v) is 4.08. The number of anilines is 1. The van der Waals surface area contributed by atoms with Gasteiger partial charge in [0.2, 0.25) is 5.91 Å². The number of hydrogen-bond acceptors (Lipinski definition) is 5. The number of amides is 1. The highest BCUT2D eigenvalue weighted by Crippen LogP contribution is 2.29. The van der Waals surface area contributed by atoms with Crippen LogP contribution in [0.2, 0.25) is 0 Å². The number of nitrogens with one attached hydrogen (secondary N) is 1. The van der Waals surface area contributed by atoms with Gasteiger partial charge in [-0.15, -0.1) is 0 Å². The molecule has 0 aliphatic carbocycles. The Morgan fingerprint density at radius 3 is 2.42 bits per heavy atom. The molecule has 7 heteroatoms. The first kappa shape index (κ1) is 19.1. The largest absolute Gasteiger partial charge is 0.494 e. The van der Waals surface area contributed by atoms with E-state index < -0.39 is 4.92 Å². The Kier molecular flexibility index (Phi) is 6.06. The van der Waals surface area contributed by atoms with Gasteiger partial charge in [-0.1, -0.05) is 12.1 Å². The molecule has 0 radical (unpaired) electrons. The number of methoxy groups -OCH3 is 1. The molecule has 0 aliphatic rings. The molecule has 1 amide bonds. The highest BCUT2D eigenvalue weighted by molar-refractivity contribution is 6.00. The lowest BCUT2D eigenvalue weighted by molar-refractivity contribution is -0.384. The summed E-state index contributed by atoms with van der Waals surface area (Å²) in [5, 5.41) is 13.4. The van der Waals surface area contributed by atoms with E-state index in [0.29, 0.717) is 11.3 Å². The summed E-state index contributed by atoms with van der Waals surface area (Å²) in [6.07, 6.45) is 0.0789. The van der Waals surface area contributed by atoms with Crippen LogP contribution in [-0.4, -0.2) is 23.7 Å². The lowest BCUT2D eigenvalue weighted by Crippen LogP contribution is -2.14. The second kappa shape index (κ2) is 8.24. The molecule has 0 bridgehead atoms. The molecule has 0 saturated heterocycles. The fraction of sp³-hybridized carbons (Fsp3) is 0.263. The van der Waals surface area contributed by atoms with Crippen LogP contribution in [0.4, 0.5) is 11.4 Å². The van der Waals surface area contributed by atoms with E-state index in [1.165, 1.54) is 25.3 Å². The van der Waals surface area contributed by atoms with E-state index in [1.807, 2.05) is 26.0 Å². The van der Waals surface area contributed by atoms with Crippen molar-refractivity contribution in [2.45, 2.75) is 26.7 Å². The van der Waals surface area contributed by atoms with Gasteiger partial charge in [-0.25, -0.2) is 0 Å². The van der Waals surface area contributed by atoms with Crippen LogP contribution >= 0.6 is 0 Å². The van der Waals surface area contributed by atoms with Crippen LogP contribution in [0.3, 0.4) is 0 Å². The molecule has 2 aromatic rings. The number of non-ortho nitro benzene ring substituents is 1. The molecule has 0 unspecified atom stereocenters. The number of nitro groups is 1. The number of ketones is 1. The monoisotopic (exact) mass is 356 g/mol. The van der Waals surface area contributed by atoms with Gasteiger partial charge in [0.25, 0.3) is 5.69 Å². The Balaban J connectivity index is 1.99. The number of carbonyl (C=O) groups excluding carboxylic acids is 2. The van der Waals surface area contributed by atoms with E-state index in [4.69, 9.17) is 4.74 Å². The van der Waals surface area contributed by atoms with Crippen molar-refractivity contribution >= 4 is 23.1 Å². The van der Waals surface area contributed by atoms with Crippen LogP contribution in [0, 0.1) is 24.0 Å². The Labute approximate surface area is 151 Å². The molecule has 26 heavy (non-hydrogen) atoms. The zero-order valence-corrected chi connectivity index (χ0v) is 14.9. The number of ether oxygens (including phenoxy) is 1. The van der Waals surface area contributed by atoms with Crippen molar-refractivity contribution in [1.29, 1.82) is 0 Å². The first-order valence-corrected chi connectivity index (χ1v) is 8.04. The van der Waals surface area contributed by atoms with Crippen molar-refractivity contribution < 1.29 is 19.2 Å². The fourth-order valence-corrected chi connectivity index (χ4v) is 2.40. The van der Waals surface area contributed by atoms with Crippen LogP contribution in [-0.2, 0) is 4.79 Å². The molecule has 0 saturated carbocycles. The van der Waals surface area contributed by atoms with Gasteiger partial charge in [0.05, 0.1) is 23.8 Å². The highest BCUT2D eigenvalue weighted by atomic mass is 16.6. The molecule has 0 aromatic heterocycles. The molecule has 0 atom stereocenters. The smallest absolute Gasteiger partial charge is 0.273 e. The summed E-state index contributed by atoms with van der Waals surface area (Å²) in [6, 6.07) is 9.36. The molecule has 2 aromatic carbocycles. The third-order valence-electron chi connectivity index (χ3n) is 4.08. The maximum absolute atomic E-state index is 12.2. The van der Waals surface area contributed by atoms with Gasteiger partial charge in [0.15, 0.2) is 5.78 Å². The lowest BCUT2D eigenvalue weighted by atomic mass is 10.0. The number of nitro benzene ring substituents is 1. The van der Waals surface area contributed by atoms with Crippen LogP contribution in [0.25, 0.3) is 0 Å². The number of carbonyl (C=O) groups is 2. The first-order valence-electron chi connectivity index (χ1n) is 8.04. The van der Waals surface area contributed by atoms with Crippen LogP contribution in [0.5, 0.6) is 5.75 Å². The van der Waals surface area contributed by atoms with E-state index in [2.05, 4.69) is 5.32 Å². The number of benzene rings is 2. The predicted molar refractivity (Wildman–Crippen MR) is 97.8 cm³/mol. The van der Waals surface area contributed by atoms with Crippen molar-refractivity contribution in [3.8, 4) is 5.75 Å². The van der Waals surface area contributed by atoms with Crippen molar-refractivity contribution in [3.63, 3.8) is 0 Å². The first-order chi connectivity index (χ1) is 12.3. The van der Waals surface area contributed by atoms with Gasteiger partial charge in [-0.05, 0) is 37.1 Å². The molecule has 0 aliphatic heterocycles. The summed E-state index contributed by atoms with van der Waals surface area (Å²) in [7, 11) is 1.36. The minimum Gasteiger partial charge on any atom is -0.494 e. The molecule has 0 spiro atoms. The summed E-state index contributed by atoms with van der Waals surface area (Å²) < 4.78 is 5.07. The average molecular weight is 356 g/mol. The van der Waals surface area contributed by atoms with Gasteiger partial charge in [-0.3, -0.25) is 19.7 Å². The Bertz CT molecular complexity index is 861. The van der Waals surface area contributed by atoms with Gasteiger partial charge < -0.3 is 10.1 Å². The van der Waals surface area contributed by atoms with Gasteiger partial charge in [-0.2, -0.15) is 0 Å². The summed E-state index contributed by atoms with van der Waals surface area (Å²) in [4.78, 5) is 34.6. The summed E-state index contributed by atoms with van der Waals surface area (Å²) in [5.41, 5.74) is 2.89. The fourth-order valence-electron chi connectivity index (χ4n) is 2.40. The third kappa shape index (κ3) is 4.66. The van der Waals surface area contributed by atoms with Crippen molar-refractivity contribution in [2.75, 3.05) is 12.4 Å².